The van der Waals surface area contributed by atoms with Crippen molar-refractivity contribution in [2.45, 2.75) is 32.2 Å². The fraction of sp³-hybridized carbons (Fsp3) is 0.429. The van der Waals surface area contributed by atoms with Crippen LogP contribution in [0.15, 0.2) is 40.9 Å². The molecule has 7 nitrogen and oxygen atoms in total. The van der Waals surface area contributed by atoms with Gasteiger partial charge in [-0.2, -0.15) is 0 Å². The summed E-state index contributed by atoms with van der Waals surface area (Å²) in [4.78, 5) is 49.8. The number of benzene rings is 1. The molecule has 3 atom stereocenters. The smallest absolute Gasteiger partial charge is 0.308 e. The largest absolute Gasteiger partial charge is 0.456 e. The second-order valence-electron chi connectivity index (χ2n) is 7.24. The molecule has 0 bridgehead atoms. The lowest BCUT2D eigenvalue weighted by Crippen LogP contribution is -2.34. The van der Waals surface area contributed by atoms with Crippen LogP contribution in [0.3, 0.4) is 0 Å². The number of fused-ring (bicyclic) bond motifs is 1. The minimum absolute atomic E-state index is 0.0135. The highest BCUT2D eigenvalue weighted by atomic mass is 79.9. The van der Waals surface area contributed by atoms with Gasteiger partial charge >= 0.3 is 5.97 Å². The second-order valence-corrected chi connectivity index (χ2v) is 8.15. The van der Waals surface area contributed by atoms with Gasteiger partial charge in [0.05, 0.1) is 24.3 Å². The van der Waals surface area contributed by atoms with Crippen LogP contribution in [0.5, 0.6) is 0 Å². The van der Waals surface area contributed by atoms with Crippen molar-refractivity contribution in [3.05, 3.63) is 46.5 Å². The van der Waals surface area contributed by atoms with Gasteiger partial charge in [-0.1, -0.05) is 40.2 Å². The molecule has 3 amide bonds. The summed E-state index contributed by atoms with van der Waals surface area (Å²) >= 11 is 3.36. The van der Waals surface area contributed by atoms with Gasteiger partial charge in [0.15, 0.2) is 6.61 Å². The molecular weight excluding hydrogens is 440 g/mol. The molecule has 0 unspecified atom stereocenters. The van der Waals surface area contributed by atoms with E-state index in [0.29, 0.717) is 12.8 Å². The highest BCUT2D eigenvalue weighted by Crippen LogP contribution is 2.35. The average molecular weight is 463 g/mol. The van der Waals surface area contributed by atoms with Gasteiger partial charge in [-0.15, -0.1) is 0 Å². The fourth-order valence-corrected chi connectivity index (χ4v) is 3.89. The summed E-state index contributed by atoms with van der Waals surface area (Å²) in [7, 11) is 0. The highest BCUT2D eigenvalue weighted by molar-refractivity contribution is 9.10. The molecular formula is C21H23BrN2O5. The molecule has 8 heteroatoms. The van der Waals surface area contributed by atoms with Crippen molar-refractivity contribution in [3.8, 4) is 0 Å². The Kier molecular flexibility index (Phi) is 6.84. The number of halogens is 1. The number of likely N-dealkylation sites (tertiary alicyclic amines) is 1. The quantitative estimate of drug-likeness (QED) is 0.381. The highest BCUT2D eigenvalue weighted by Gasteiger charge is 2.46. The van der Waals surface area contributed by atoms with Gasteiger partial charge in [0.2, 0.25) is 11.8 Å². The first-order valence-electron chi connectivity index (χ1n) is 9.57. The summed E-state index contributed by atoms with van der Waals surface area (Å²) in [5.41, 5.74) is 0.926. The predicted octanol–water partition coefficient (Wildman–Crippen LogP) is 2.51. The van der Waals surface area contributed by atoms with E-state index in [1.807, 2.05) is 43.3 Å². The van der Waals surface area contributed by atoms with E-state index in [1.165, 1.54) is 0 Å². The van der Waals surface area contributed by atoms with Crippen molar-refractivity contribution in [2.75, 3.05) is 13.2 Å². The average Bonchev–Trinajstić information content (AvgIpc) is 2.95. The minimum Gasteiger partial charge on any atom is -0.456 e. The van der Waals surface area contributed by atoms with E-state index in [-0.39, 0.29) is 42.7 Å². The van der Waals surface area contributed by atoms with Crippen LogP contribution in [-0.2, 0) is 23.9 Å². The van der Waals surface area contributed by atoms with Crippen molar-refractivity contribution < 1.29 is 23.9 Å². The van der Waals surface area contributed by atoms with E-state index < -0.39 is 18.5 Å². The molecule has 1 aromatic carbocycles. The number of imide groups is 1. The molecule has 1 fully saturated rings. The molecule has 154 valence electrons. The third-order valence-corrected chi connectivity index (χ3v) is 5.78. The third kappa shape index (κ3) is 5.12. The number of nitrogens with zero attached hydrogens (tertiary/aromatic N) is 1. The molecule has 0 radical (unpaired) electrons. The zero-order valence-electron chi connectivity index (χ0n) is 16.1. The Morgan fingerprint density at radius 1 is 1.14 bits per heavy atom. The number of allylic oxidation sites excluding steroid dienone is 2. The Labute approximate surface area is 177 Å². The molecule has 1 heterocycles. The molecule has 1 aliphatic carbocycles. The molecule has 2 aliphatic rings. The number of carbonyl (C=O) groups is 4. The van der Waals surface area contributed by atoms with Crippen LogP contribution in [0.2, 0.25) is 0 Å². The number of rotatable bonds is 7. The third-order valence-electron chi connectivity index (χ3n) is 5.25. The maximum absolute atomic E-state index is 12.4. The maximum atomic E-state index is 12.4. The minimum atomic E-state index is -0.620. The number of amides is 3. The number of hydrogen-bond donors (Lipinski definition) is 1. The van der Waals surface area contributed by atoms with Crippen molar-refractivity contribution >= 4 is 39.6 Å². The molecule has 3 rings (SSSR count). The first kappa shape index (κ1) is 21.2. The van der Waals surface area contributed by atoms with Crippen LogP contribution < -0.4 is 5.32 Å². The number of hydrogen-bond acceptors (Lipinski definition) is 5. The Hall–Kier alpha value is -2.48. The lowest BCUT2D eigenvalue weighted by Gasteiger charge is -2.15. The van der Waals surface area contributed by atoms with Gasteiger partial charge in [0.1, 0.15) is 0 Å². The zero-order valence-corrected chi connectivity index (χ0v) is 17.7. The Morgan fingerprint density at radius 2 is 1.72 bits per heavy atom. The van der Waals surface area contributed by atoms with Gasteiger partial charge in [-0.3, -0.25) is 24.1 Å². The summed E-state index contributed by atoms with van der Waals surface area (Å²) in [5, 5.41) is 2.76. The molecule has 0 saturated carbocycles. The number of ether oxygens (including phenoxy) is 1. The zero-order chi connectivity index (χ0) is 21.0. The maximum Gasteiger partial charge on any atom is 0.308 e. The number of esters is 1. The van der Waals surface area contributed by atoms with Crippen LogP contribution >= 0.6 is 15.9 Å². The van der Waals surface area contributed by atoms with E-state index in [2.05, 4.69) is 21.2 Å². The normalized spacial score (nSPS) is 21.7. The van der Waals surface area contributed by atoms with E-state index in [1.54, 1.807) is 0 Å². The number of nitrogens with one attached hydrogen (secondary N) is 1. The van der Waals surface area contributed by atoms with Crippen molar-refractivity contribution in [3.63, 3.8) is 0 Å². The molecule has 0 aromatic heterocycles. The van der Waals surface area contributed by atoms with Crippen molar-refractivity contribution in [2.24, 2.45) is 11.8 Å². The van der Waals surface area contributed by atoms with Gasteiger partial charge in [0.25, 0.3) is 5.91 Å². The Morgan fingerprint density at radius 3 is 2.31 bits per heavy atom. The summed E-state index contributed by atoms with van der Waals surface area (Å²) < 4.78 is 5.93. The number of carbonyl (C=O) groups excluding carboxylic acids is 4. The summed E-state index contributed by atoms with van der Waals surface area (Å²) in [6.45, 7) is 1.42. The van der Waals surface area contributed by atoms with Crippen LogP contribution in [0, 0.1) is 11.8 Å². The molecule has 1 aromatic rings. The summed E-state index contributed by atoms with van der Waals surface area (Å²) in [5.74, 6) is -2.11. The van der Waals surface area contributed by atoms with E-state index in [0.717, 1.165) is 14.9 Å². The van der Waals surface area contributed by atoms with Crippen LogP contribution in [0.25, 0.3) is 0 Å². The Balaban J connectivity index is 1.41. The first-order valence-corrected chi connectivity index (χ1v) is 10.4. The standard InChI is InChI=1S/C21H23BrN2O5/c1-13(14-6-8-15(22)9-7-14)23-18(25)12-29-19(26)10-11-24-20(27)16-4-2-3-5-17(16)21(24)28/h2-3,6-9,13,16-17H,4-5,10-12H2,1H3,(H,23,25)/t13-,16-,17+/m1/s1. The van der Waals surface area contributed by atoms with Gasteiger partial charge < -0.3 is 10.1 Å². The molecule has 29 heavy (non-hydrogen) atoms. The van der Waals surface area contributed by atoms with E-state index in [9.17, 15) is 19.2 Å². The predicted molar refractivity (Wildman–Crippen MR) is 108 cm³/mol. The molecule has 0 spiro atoms. The SMILES string of the molecule is C[C@@H](NC(=O)COC(=O)CCN1C(=O)[C@H]2CC=CC[C@H]2C1=O)c1ccc(Br)cc1. The molecule has 1 saturated heterocycles. The van der Waals surface area contributed by atoms with Crippen LogP contribution in [0.4, 0.5) is 0 Å². The van der Waals surface area contributed by atoms with Gasteiger partial charge in [-0.05, 0) is 37.5 Å². The monoisotopic (exact) mass is 462 g/mol. The van der Waals surface area contributed by atoms with Crippen molar-refractivity contribution in [1.29, 1.82) is 0 Å². The van der Waals surface area contributed by atoms with Crippen LogP contribution in [-0.4, -0.2) is 41.7 Å². The fourth-order valence-electron chi connectivity index (χ4n) is 3.63. The summed E-state index contributed by atoms with van der Waals surface area (Å²) in [6.07, 6.45) is 4.83. The first-order chi connectivity index (χ1) is 13.9. The topological polar surface area (TPSA) is 92.8 Å². The molecule has 1 aliphatic heterocycles. The van der Waals surface area contributed by atoms with E-state index >= 15 is 0 Å². The second kappa shape index (κ2) is 9.35. The lowest BCUT2D eigenvalue weighted by atomic mass is 9.85. The lowest BCUT2D eigenvalue weighted by molar-refractivity contribution is -0.150. The Bertz CT molecular complexity index is 810. The van der Waals surface area contributed by atoms with Gasteiger partial charge in [-0.25, -0.2) is 0 Å². The van der Waals surface area contributed by atoms with E-state index in [4.69, 9.17) is 4.74 Å². The van der Waals surface area contributed by atoms with Crippen molar-refractivity contribution in [1.82, 2.24) is 10.2 Å². The molecule has 1 N–H and O–H groups in total. The van der Waals surface area contributed by atoms with Gasteiger partial charge in [0, 0.05) is 11.0 Å². The van der Waals surface area contributed by atoms with Crippen LogP contribution in [0.1, 0.15) is 37.8 Å². The summed E-state index contributed by atoms with van der Waals surface area (Å²) in [6, 6.07) is 7.30.